The van der Waals surface area contributed by atoms with Crippen molar-refractivity contribution >= 4 is 17.5 Å². The molecule has 0 bridgehead atoms. The van der Waals surface area contributed by atoms with Gasteiger partial charge in [-0.1, -0.05) is 0 Å². The Morgan fingerprint density at radius 2 is 2.05 bits per heavy atom. The van der Waals surface area contributed by atoms with Gasteiger partial charge in [-0.25, -0.2) is 0 Å². The summed E-state index contributed by atoms with van der Waals surface area (Å²) in [7, 11) is 3.16. The minimum atomic E-state index is -0.607. The minimum Gasteiger partial charge on any atom is -0.497 e. The molecule has 1 saturated heterocycles. The first kappa shape index (κ1) is 15.3. The van der Waals surface area contributed by atoms with Crippen LogP contribution in [-0.4, -0.2) is 45.7 Å². The van der Waals surface area contributed by atoms with E-state index in [2.05, 4.69) is 5.32 Å². The lowest BCUT2D eigenvalue weighted by molar-refractivity contribution is -0.132. The number of carbonyl (C=O) groups excluding carboxylic acids is 2. The standard InChI is InChI=1S/C15H20N2O4/c1-20-10-8-16-14(18)13-7-9-17(15(13)19)11-3-5-12(21-2)6-4-11/h3-6,13H,7-10H2,1-2H3,(H,16,18). The molecule has 1 N–H and O–H groups in total. The maximum absolute atomic E-state index is 12.3. The van der Waals surface area contributed by atoms with Crippen LogP contribution >= 0.6 is 0 Å². The number of anilines is 1. The highest BCUT2D eigenvalue weighted by Crippen LogP contribution is 2.26. The van der Waals surface area contributed by atoms with E-state index in [4.69, 9.17) is 9.47 Å². The Bertz CT molecular complexity index is 501. The van der Waals surface area contributed by atoms with Crippen LogP contribution in [0.3, 0.4) is 0 Å². The fourth-order valence-corrected chi connectivity index (χ4v) is 2.34. The van der Waals surface area contributed by atoms with Crippen molar-refractivity contribution in [3.05, 3.63) is 24.3 Å². The largest absolute Gasteiger partial charge is 0.497 e. The highest BCUT2D eigenvalue weighted by Gasteiger charge is 2.37. The molecular formula is C15H20N2O4. The number of amides is 2. The Morgan fingerprint density at radius 3 is 2.67 bits per heavy atom. The van der Waals surface area contributed by atoms with Gasteiger partial charge in [-0.2, -0.15) is 0 Å². The Balaban J connectivity index is 1.98. The van der Waals surface area contributed by atoms with Gasteiger partial charge in [0.2, 0.25) is 11.8 Å². The highest BCUT2D eigenvalue weighted by molar-refractivity contribution is 6.09. The molecule has 6 heteroatoms. The van der Waals surface area contributed by atoms with Crippen molar-refractivity contribution in [3.8, 4) is 5.75 Å². The first-order valence-corrected chi connectivity index (χ1v) is 6.89. The molecule has 2 rings (SSSR count). The lowest BCUT2D eigenvalue weighted by Crippen LogP contribution is -2.38. The molecule has 21 heavy (non-hydrogen) atoms. The second kappa shape index (κ2) is 7.08. The van der Waals surface area contributed by atoms with E-state index in [1.165, 1.54) is 0 Å². The molecule has 1 fully saturated rings. The topological polar surface area (TPSA) is 67.9 Å². The minimum absolute atomic E-state index is 0.157. The van der Waals surface area contributed by atoms with Gasteiger partial charge in [0.25, 0.3) is 0 Å². The van der Waals surface area contributed by atoms with E-state index in [1.807, 2.05) is 12.1 Å². The molecule has 1 aromatic rings. The molecule has 114 valence electrons. The van der Waals surface area contributed by atoms with E-state index in [0.717, 1.165) is 11.4 Å². The number of nitrogens with zero attached hydrogens (tertiary/aromatic N) is 1. The van der Waals surface area contributed by atoms with Crippen LogP contribution in [0.25, 0.3) is 0 Å². The zero-order valence-corrected chi connectivity index (χ0v) is 12.3. The predicted octanol–water partition coefficient (Wildman–Crippen LogP) is 0.811. The van der Waals surface area contributed by atoms with Crippen LogP contribution in [0.2, 0.25) is 0 Å². The van der Waals surface area contributed by atoms with E-state index >= 15 is 0 Å². The molecule has 6 nitrogen and oxygen atoms in total. The zero-order chi connectivity index (χ0) is 15.2. The first-order chi connectivity index (χ1) is 10.2. The van der Waals surface area contributed by atoms with Crippen LogP contribution in [0.4, 0.5) is 5.69 Å². The highest BCUT2D eigenvalue weighted by atomic mass is 16.5. The second-order valence-electron chi connectivity index (χ2n) is 4.81. The third-order valence-electron chi connectivity index (χ3n) is 3.51. The van der Waals surface area contributed by atoms with Gasteiger partial charge in [-0.15, -0.1) is 0 Å². The van der Waals surface area contributed by atoms with Crippen molar-refractivity contribution in [3.63, 3.8) is 0 Å². The molecule has 0 saturated carbocycles. The van der Waals surface area contributed by atoms with Gasteiger partial charge in [0.05, 0.1) is 13.7 Å². The Morgan fingerprint density at radius 1 is 1.33 bits per heavy atom. The molecule has 1 aromatic carbocycles. The molecule has 1 unspecified atom stereocenters. The fourth-order valence-electron chi connectivity index (χ4n) is 2.34. The maximum atomic E-state index is 12.3. The monoisotopic (exact) mass is 292 g/mol. The van der Waals surface area contributed by atoms with E-state index < -0.39 is 5.92 Å². The molecule has 2 amide bonds. The van der Waals surface area contributed by atoms with E-state index in [1.54, 1.807) is 31.3 Å². The smallest absolute Gasteiger partial charge is 0.239 e. The average molecular weight is 292 g/mol. The summed E-state index contributed by atoms with van der Waals surface area (Å²) in [6.07, 6.45) is 0.531. The number of ether oxygens (including phenoxy) is 2. The summed E-state index contributed by atoms with van der Waals surface area (Å²) in [6.45, 7) is 1.41. The molecular weight excluding hydrogens is 272 g/mol. The summed E-state index contributed by atoms with van der Waals surface area (Å²) >= 11 is 0. The molecule has 1 aliphatic rings. The zero-order valence-electron chi connectivity index (χ0n) is 12.3. The van der Waals surface area contributed by atoms with Crippen LogP contribution < -0.4 is 15.0 Å². The van der Waals surface area contributed by atoms with Crippen LogP contribution in [0.15, 0.2) is 24.3 Å². The predicted molar refractivity (Wildman–Crippen MR) is 78.3 cm³/mol. The van der Waals surface area contributed by atoms with E-state index in [9.17, 15) is 9.59 Å². The maximum Gasteiger partial charge on any atom is 0.239 e. The number of carbonyl (C=O) groups is 2. The Kier molecular flexibility index (Phi) is 5.16. The van der Waals surface area contributed by atoms with E-state index in [-0.39, 0.29) is 11.8 Å². The Labute approximate surface area is 124 Å². The summed E-state index contributed by atoms with van der Waals surface area (Å²) in [4.78, 5) is 25.9. The van der Waals surface area contributed by atoms with Gasteiger partial charge in [0, 0.05) is 25.9 Å². The molecule has 1 heterocycles. The van der Waals surface area contributed by atoms with Crippen LogP contribution in [0.1, 0.15) is 6.42 Å². The number of hydrogen-bond acceptors (Lipinski definition) is 4. The quantitative estimate of drug-likeness (QED) is 0.622. The van der Waals surface area contributed by atoms with Crippen LogP contribution in [0.5, 0.6) is 5.75 Å². The molecule has 0 radical (unpaired) electrons. The van der Waals surface area contributed by atoms with Crippen molar-refractivity contribution in [2.24, 2.45) is 5.92 Å². The third kappa shape index (κ3) is 3.52. The SMILES string of the molecule is COCCNC(=O)C1CCN(c2ccc(OC)cc2)C1=O. The number of rotatable bonds is 6. The fraction of sp³-hybridized carbons (Fsp3) is 0.467. The van der Waals surface area contributed by atoms with Gasteiger partial charge in [-0.05, 0) is 30.7 Å². The number of nitrogens with one attached hydrogen (secondary N) is 1. The lowest BCUT2D eigenvalue weighted by Gasteiger charge is -2.17. The van der Waals surface area contributed by atoms with Crippen molar-refractivity contribution in [1.29, 1.82) is 0 Å². The normalized spacial score (nSPS) is 17.9. The van der Waals surface area contributed by atoms with Crippen molar-refractivity contribution in [2.75, 3.05) is 38.8 Å². The molecule has 1 aliphatic heterocycles. The summed E-state index contributed by atoms with van der Waals surface area (Å²) in [5.74, 6) is -0.258. The van der Waals surface area contributed by atoms with Crippen LogP contribution in [-0.2, 0) is 14.3 Å². The van der Waals surface area contributed by atoms with Gasteiger partial charge >= 0.3 is 0 Å². The lowest BCUT2D eigenvalue weighted by atomic mass is 10.1. The van der Waals surface area contributed by atoms with Gasteiger partial charge in [0.1, 0.15) is 11.7 Å². The number of hydrogen-bond donors (Lipinski definition) is 1. The summed E-state index contributed by atoms with van der Waals surface area (Å²) < 4.78 is 9.97. The van der Waals surface area contributed by atoms with Gasteiger partial charge < -0.3 is 19.7 Å². The number of methoxy groups -OCH3 is 2. The van der Waals surface area contributed by atoms with Crippen molar-refractivity contribution in [1.82, 2.24) is 5.32 Å². The molecule has 0 spiro atoms. The van der Waals surface area contributed by atoms with E-state index in [0.29, 0.717) is 26.1 Å². The van der Waals surface area contributed by atoms with Gasteiger partial charge in [0.15, 0.2) is 0 Å². The average Bonchev–Trinajstić information content (AvgIpc) is 2.89. The first-order valence-electron chi connectivity index (χ1n) is 6.89. The summed E-state index contributed by atoms with van der Waals surface area (Å²) in [6, 6.07) is 7.24. The van der Waals surface area contributed by atoms with Crippen molar-refractivity contribution < 1.29 is 19.1 Å². The third-order valence-corrected chi connectivity index (χ3v) is 3.51. The van der Waals surface area contributed by atoms with Crippen LogP contribution in [0, 0.1) is 5.92 Å². The molecule has 0 aliphatic carbocycles. The number of benzene rings is 1. The second-order valence-corrected chi connectivity index (χ2v) is 4.81. The van der Waals surface area contributed by atoms with Gasteiger partial charge in [-0.3, -0.25) is 9.59 Å². The molecule has 0 aromatic heterocycles. The van der Waals surface area contributed by atoms with Crippen molar-refractivity contribution in [2.45, 2.75) is 6.42 Å². The Hall–Kier alpha value is -2.08. The molecule has 1 atom stereocenters. The summed E-state index contributed by atoms with van der Waals surface area (Å²) in [5, 5.41) is 2.71. The summed E-state index contributed by atoms with van der Waals surface area (Å²) in [5.41, 5.74) is 0.785.